The van der Waals surface area contributed by atoms with Crippen molar-refractivity contribution in [2.24, 2.45) is 0 Å². The van der Waals surface area contributed by atoms with Gasteiger partial charge in [0.25, 0.3) is 5.91 Å². The number of hydrogen-bond donors (Lipinski definition) is 1. The van der Waals surface area contributed by atoms with Gasteiger partial charge in [0.1, 0.15) is 28.7 Å². The van der Waals surface area contributed by atoms with Crippen LogP contribution in [0.4, 0.5) is 5.82 Å². The number of rotatable bonds is 8. The largest absolute Gasteiger partial charge is 0.487 e. The number of ether oxygens (including phenoxy) is 2. The normalized spacial score (nSPS) is 14.8. The quantitative estimate of drug-likeness (QED) is 0.310. The average molecular weight is 581 g/mol. The molecule has 3 aromatic rings. The molecule has 0 spiro atoms. The van der Waals surface area contributed by atoms with E-state index in [-0.39, 0.29) is 15.8 Å². The Labute approximate surface area is 239 Å². The molecule has 0 saturated carbocycles. The molecule has 2 aromatic carbocycles. The van der Waals surface area contributed by atoms with Gasteiger partial charge in [-0.3, -0.25) is 4.79 Å². The zero-order chi connectivity index (χ0) is 29.5. The van der Waals surface area contributed by atoms with Gasteiger partial charge in [-0.15, -0.1) is 0 Å². The Morgan fingerprint density at radius 3 is 2.30 bits per heavy atom. The first kappa shape index (κ1) is 29.8. The number of amides is 1. The van der Waals surface area contributed by atoms with E-state index in [1.165, 1.54) is 12.1 Å². The maximum absolute atomic E-state index is 13.3. The van der Waals surface area contributed by atoms with E-state index in [9.17, 15) is 13.2 Å². The summed E-state index contributed by atoms with van der Waals surface area (Å²) in [7, 11) is -3.00. The second-order valence-electron chi connectivity index (χ2n) is 12.2. The lowest BCUT2D eigenvalue weighted by Crippen LogP contribution is -2.27. The average Bonchev–Trinajstić information content (AvgIpc) is 3.17. The van der Waals surface area contributed by atoms with Crippen LogP contribution in [0.5, 0.6) is 17.2 Å². The predicted octanol–water partition coefficient (Wildman–Crippen LogP) is 6.33. The molecule has 212 valence electrons. The molecule has 4 rings (SSSR count). The highest BCUT2D eigenvalue weighted by molar-refractivity contribution is 7.90. The highest BCUT2D eigenvalue weighted by Crippen LogP contribution is 2.43. The van der Waals surface area contributed by atoms with Gasteiger partial charge in [-0.25, -0.2) is 13.4 Å². The molecule has 1 amide bonds. The van der Waals surface area contributed by atoms with E-state index in [0.29, 0.717) is 44.8 Å². The van der Waals surface area contributed by atoms with E-state index in [0.717, 1.165) is 17.4 Å². The van der Waals surface area contributed by atoms with Crippen molar-refractivity contribution in [2.45, 2.75) is 76.0 Å². The van der Waals surface area contributed by atoms with Gasteiger partial charge in [0.15, 0.2) is 9.84 Å². The number of hydrogen-bond acceptors (Lipinski definition) is 7. The molecule has 0 aliphatic carbocycles. The van der Waals surface area contributed by atoms with E-state index < -0.39 is 21.0 Å². The fourth-order valence-corrected chi connectivity index (χ4v) is 5.41. The summed E-state index contributed by atoms with van der Waals surface area (Å²) in [5, 5.41) is 2.92. The molecule has 10 heteroatoms. The van der Waals surface area contributed by atoms with Crippen LogP contribution in [0.15, 0.2) is 59.6 Å². The fourth-order valence-electron chi connectivity index (χ4n) is 4.10. The molecule has 1 aliphatic rings. The molecule has 1 aromatic heterocycles. The van der Waals surface area contributed by atoms with Gasteiger partial charge >= 0.3 is 0 Å². The molecule has 0 fully saturated rings. The van der Waals surface area contributed by atoms with Crippen molar-refractivity contribution in [3.05, 3.63) is 71.4 Å². The summed E-state index contributed by atoms with van der Waals surface area (Å²) in [5.74, 6) is 1.54. The molecule has 2 radical (unpaired) electrons. The first-order valence-corrected chi connectivity index (χ1v) is 15.8. The number of aromatic nitrogens is 1. The topological polar surface area (TPSA) is 104 Å². The van der Waals surface area contributed by atoms with E-state index >= 15 is 0 Å². The van der Waals surface area contributed by atoms with Gasteiger partial charge in [0.05, 0.1) is 10.5 Å². The summed E-state index contributed by atoms with van der Waals surface area (Å²) < 4.78 is 42.0. The fraction of sp³-hybridized carbons (Fsp3) is 0.400. The third-order valence-corrected chi connectivity index (χ3v) is 8.56. The standard InChI is InChI=1S/C30H36N2O6SSi/c1-28(2,3)40-38-30(6,7)20-9-14-26(31-18-20)32-27(33)19-15-24(23-17-29(4,5)37-25(23)16-19)36-21-10-12-22(13-11-21)39(8,34)35/h9-16,18H,17H2,1-8H3,(H,31,32,33). The Hall–Kier alpha value is -3.21. The van der Waals surface area contributed by atoms with Crippen molar-refractivity contribution >= 4 is 31.3 Å². The number of anilines is 1. The van der Waals surface area contributed by atoms with Crippen molar-refractivity contribution in [2.75, 3.05) is 11.6 Å². The van der Waals surface area contributed by atoms with Crippen LogP contribution in [-0.4, -0.2) is 40.9 Å². The number of sulfone groups is 1. The molecule has 40 heavy (non-hydrogen) atoms. The van der Waals surface area contributed by atoms with Gasteiger partial charge in [0, 0.05) is 35.6 Å². The summed E-state index contributed by atoms with van der Waals surface area (Å²) >= 11 is 0. The van der Waals surface area contributed by atoms with Crippen LogP contribution in [0.3, 0.4) is 0 Å². The highest BCUT2D eigenvalue weighted by Gasteiger charge is 2.34. The SMILES string of the molecule is CC1(C)Cc2c(Oc3ccc(S(C)(=O)=O)cc3)cc(C(=O)Nc3ccc(C(C)(C)O[Si]C(C)(C)C)cn3)cc2O1. The summed E-state index contributed by atoms with van der Waals surface area (Å²) in [6.45, 7) is 14.3. The molecular weight excluding hydrogens is 544 g/mol. The first-order chi connectivity index (χ1) is 18.4. The minimum absolute atomic E-state index is 0.0651. The lowest BCUT2D eigenvalue weighted by atomic mass is 9.99. The first-order valence-electron chi connectivity index (χ1n) is 13.0. The number of fused-ring (bicyclic) bond motifs is 1. The Bertz CT molecular complexity index is 1510. The maximum atomic E-state index is 13.3. The van der Waals surface area contributed by atoms with Crippen LogP contribution in [0, 0.1) is 0 Å². The highest BCUT2D eigenvalue weighted by atomic mass is 32.2. The van der Waals surface area contributed by atoms with Crippen LogP contribution < -0.4 is 14.8 Å². The van der Waals surface area contributed by atoms with Gasteiger partial charge in [-0.2, -0.15) is 0 Å². The van der Waals surface area contributed by atoms with Crippen molar-refractivity contribution in [1.29, 1.82) is 0 Å². The molecule has 0 saturated heterocycles. The monoisotopic (exact) mass is 580 g/mol. The van der Waals surface area contributed by atoms with E-state index in [1.807, 2.05) is 33.8 Å². The number of pyridine rings is 1. The molecule has 0 atom stereocenters. The third kappa shape index (κ3) is 7.29. The molecule has 0 unspecified atom stereocenters. The van der Waals surface area contributed by atoms with Crippen LogP contribution >= 0.6 is 0 Å². The lowest BCUT2D eigenvalue weighted by molar-refractivity contribution is 0.102. The molecule has 1 N–H and O–H groups in total. The van der Waals surface area contributed by atoms with Crippen LogP contribution in [0.2, 0.25) is 5.04 Å². The van der Waals surface area contributed by atoms with Crippen LogP contribution in [0.1, 0.15) is 70.0 Å². The second kappa shape index (κ2) is 10.6. The third-order valence-electron chi connectivity index (χ3n) is 6.21. The Morgan fingerprint density at radius 1 is 1.05 bits per heavy atom. The number of carbonyl (C=O) groups is 1. The second-order valence-corrected chi connectivity index (χ2v) is 16.1. The zero-order valence-corrected chi connectivity index (χ0v) is 26.0. The van der Waals surface area contributed by atoms with E-state index in [2.05, 4.69) is 31.1 Å². The molecule has 2 heterocycles. The Balaban J connectivity index is 1.55. The summed E-state index contributed by atoms with van der Waals surface area (Å²) in [6, 6.07) is 13.2. The van der Waals surface area contributed by atoms with Gasteiger partial charge in [-0.05, 0) is 75.2 Å². The number of carbonyl (C=O) groups excluding carboxylic acids is 1. The Kier molecular flexibility index (Phi) is 7.92. The minimum atomic E-state index is -3.33. The number of benzene rings is 2. The van der Waals surface area contributed by atoms with Crippen LogP contribution in [-0.2, 0) is 26.3 Å². The van der Waals surface area contributed by atoms with Gasteiger partial charge in [-0.1, -0.05) is 26.8 Å². The number of nitrogens with one attached hydrogen (secondary N) is 1. The van der Waals surface area contributed by atoms with Crippen molar-refractivity contribution in [3.8, 4) is 17.2 Å². The Morgan fingerprint density at radius 2 is 1.73 bits per heavy atom. The summed E-state index contributed by atoms with van der Waals surface area (Å²) in [6.07, 6.45) is 3.46. The van der Waals surface area contributed by atoms with E-state index in [4.69, 9.17) is 13.9 Å². The van der Waals surface area contributed by atoms with Crippen molar-refractivity contribution in [3.63, 3.8) is 0 Å². The van der Waals surface area contributed by atoms with Gasteiger partial charge < -0.3 is 19.2 Å². The van der Waals surface area contributed by atoms with Crippen LogP contribution in [0.25, 0.3) is 0 Å². The van der Waals surface area contributed by atoms with Crippen molar-refractivity contribution in [1.82, 2.24) is 4.98 Å². The molecule has 0 bridgehead atoms. The molecule has 1 aliphatic heterocycles. The zero-order valence-electron chi connectivity index (χ0n) is 24.2. The molecular formula is C30H36N2O6SSi. The minimum Gasteiger partial charge on any atom is -0.487 e. The summed E-state index contributed by atoms with van der Waals surface area (Å²) in [4.78, 5) is 17.9. The predicted molar refractivity (Wildman–Crippen MR) is 156 cm³/mol. The smallest absolute Gasteiger partial charge is 0.257 e. The van der Waals surface area contributed by atoms with Gasteiger partial charge in [0.2, 0.25) is 9.76 Å². The molecule has 8 nitrogen and oxygen atoms in total. The number of nitrogens with zero attached hydrogens (tertiary/aromatic N) is 1. The lowest BCUT2D eigenvalue weighted by Gasteiger charge is -2.29. The van der Waals surface area contributed by atoms with Crippen molar-refractivity contribution < 1.29 is 27.1 Å². The maximum Gasteiger partial charge on any atom is 0.257 e. The van der Waals surface area contributed by atoms with E-state index in [1.54, 1.807) is 36.5 Å². The summed E-state index contributed by atoms with van der Waals surface area (Å²) in [5.41, 5.74) is 1.12.